The van der Waals surface area contributed by atoms with Gasteiger partial charge in [-0.05, 0) is 43.9 Å². The molecular formula is C14H15NO. The first-order chi connectivity index (χ1) is 7.72. The number of hydrogen-bond acceptors (Lipinski definition) is 1. The summed E-state index contributed by atoms with van der Waals surface area (Å²) in [5.41, 5.74) is 4.46. The van der Waals surface area contributed by atoms with E-state index >= 15 is 0 Å². The molecule has 0 N–H and O–H groups in total. The molecule has 16 heavy (non-hydrogen) atoms. The van der Waals surface area contributed by atoms with E-state index in [0.29, 0.717) is 6.04 Å². The van der Waals surface area contributed by atoms with Crippen LogP contribution in [0.3, 0.4) is 0 Å². The first-order valence-corrected chi connectivity index (χ1v) is 5.78. The molecule has 1 aromatic carbocycles. The Hall–Kier alpha value is -1.57. The number of benzene rings is 1. The van der Waals surface area contributed by atoms with Crippen molar-refractivity contribution in [3.05, 3.63) is 35.0 Å². The number of aromatic nitrogens is 1. The predicted molar refractivity (Wildman–Crippen MR) is 65.1 cm³/mol. The summed E-state index contributed by atoms with van der Waals surface area (Å²) in [7, 11) is 0. The first kappa shape index (κ1) is 9.64. The minimum absolute atomic E-state index is 0.554. The van der Waals surface area contributed by atoms with Gasteiger partial charge in [0.15, 0.2) is 6.29 Å². The van der Waals surface area contributed by atoms with Crippen molar-refractivity contribution in [3.63, 3.8) is 0 Å². The summed E-state index contributed by atoms with van der Waals surface area (Å²) in [6, 6.07) is 6.99. The Balaban J connectivity index is 2.41. The van der Waals surface area contributed by atoms with Crippen molar-refractivity contribution in [2.75, 3.05) is 0 Å². The highest BCUT2D eigenvalue weighted by Gasteiger charge is 2.28. The van der Waals surface area contributed by atoms with Gasteiger partial charge in [0, 0.05) is 16.9 Å². The van der Waals surface area contributed by atoms with Crippen molar-refractivity contribution < 1.29 is 4.79 Å². The van der Waals surface area contributed by atoms with Crippen LogP contribution in [-0.4, -0.2) is 10.9 Å². The summed E-state index contributed by atoms with van der Waals surface area (Å²) in [6.45, 7) is 4.14. The number of aryl methyl sites for hydroxylation is 2. The Kier molecular flexibility index (Phi) is 1.93. The van der Waals surface area contributed by atoms with E-state index in [9.17, 15) is 4.79 Å². The van der Waals surface area contributed by atoms with Crippen molar-refractivity contribution in [3.8, 4) is 0 Å². The fourth-order valence-corrected chi connectivity index (χ4v) is 2.48. The molecule has 2 aromatic rings. The van der Waals surface area contributed by atoms with Gasteiger partial charge in [-0.1, -0.05) is 12.1 Å². The first-order valence-electron chi connectivity index (χ1n) is 5.78. The minimum Gasteiger partial charge on any atom is -0.335 e. The van der Waals surface area contributed by atoms with Gasteiger partial charge in [-0.15, -0.1) is 0 Å². The maximum atomic E-state index is 11.2. The summed E-state index contributed by atoms with van der Waals surface area (Å²) < 4.78 is 2.23. The van der Waals surface area contributed by atoms with Crippen LogP contribution in [0.1, 0.15) is 40.5 Å². The molecule has 0 saturated heterocycles. The molecule has 82 valence electrons. The molecule has 0 bridgehead atoms. The zero-order valence-corrected chi connectivity index (χ0v) is 9.66. The summed E-state index contributed by atoms with van der Waals surface area (Å²) in [5.74, 6) is 0. The molecule has 1 saturated carbocycles. The van der Waals surface area contributed by atoms with Gasteiger partial charge in [-0.2, -0.15) is 0 Å². The SMILES string of the molecule is Cc1ccc2c(C)c(C=O)n(C3CC3)c2c1. The summed E-state index contributed by atoms with van der Waals surface area (Å²) in [4.78, 5) is 11.2. The normalized spacial score (nSPS) is 15.6. The minimum atomic E-state index is 0.554. The molecule has 1 aromatic heterocycles. The van der Waals surface area contributed by atoms with E-state index in [-0.39, 0.29) is 0 Å². The lowest BCUT2D eigenvalue weighted by Gasteiger charge is -2.05. The van der Waals surface area contributed by atoms with E-state index < -0.39 is 0 Å². The van der Waals surface area contributed by atoms with Crippen LogP contribution in [-0.2, 0) is 0 Å². The van der Waals surface area contributed by atoms with Gasteiger partial charge in [0.05, 0.1) is 5.69 Å². The van der Waals surface area contributed by atoms with Crippen molar-refractivity contribution in [2.24, 2.45) is 0 Å². The van der Waals surface area contributed by atoms with E-state index in [2.05, 4.69) is 29.7 Å². The van der Waals surface area contributed by atoms with E-state index in [1.165, 1.54) is 29.3 Å². The van der Waals surface area contributed by atoms with Gasteiger partial charge in [-0.3, -0.25) is 4.79 Å². The molecule has 3 rings (SSSR count). The fraction of sp³-hybridized carbons (Fsp3) is 0.357. The van der Waals surface area contributed by atoms with Gasteiger partial charge in [0.2, 0.25) is 0 Å². The van der Waals surface area contributed by atoms with Crippen LogP contribution in [0.15, 0.2) is 18.2 Å². The molecule has 0 radical (unpaired) electrons. The number of aldehydes is 1. The molecule has 0 atom stereocenters. The average Bonchev–Trinajstić information content (AvgIpc) is 3.05. The molecule has 2 nitrogen and oxygen atoms in total. The van der Waals surface area contributed by atoms with E-state index in [1.807, 2.05) is 6.92 Å². The third-order valence-corrected chi connectivity index (χ3v) is 3.48. The van der Waals surface area contributed by atoms with Crippen molar-refractivity contribution in [2.45, 2.75) is 32.7 Å². The lowest BCUT2D eigenvalue weighted by Crippen LogP contribution is -1.99. The zero-order valence-electron chi connectivity index (χ0n) is 9.66. The standard InChI is InChI=1S/C14H15NO/c1-9-3-6-12-10(2)14(8-16)15(11-4-5-11)13(12)7-9/h3,6-8,11H,4-5H2,1-2H3. The second-order valence-corrected chi connectivity index (χ2v) is 4.75. The van der Waals surface area contributed by atoms with Crippen LogP contribution in [0.25, 0.3) is 10.9 Å². The number of carbonyl (C=O) groups excluding carboxylic acids is 1. The van der Waals surface area contributed by atoms with Crippen molar-refractivity contribution in [1.29, 1.82) is 0 Å². The highest BCUT2D eigenvalue weighted by atomic mass is 16.1. The Labute approximate surface area is 94.9 Å². The molecule has 0 amide bonds. The molecule has 1 aliphatic carbocycles. The van der Waals surface area contributed by atoms with Gasteiger partial charge in [-0.25, -0.2) is 0 Å². The smallest absolute Gasteiger partial charge is 0.166 e. The molecule has 0 spiro atoms. The zero-order chi connectivity index (χ0) is 11.3. The number of nitrogens with zero attached hydrogens (tertiary/aromatic N) is 1. The second-order valence-electron chi connectivity index (χ2n) is 4.75. The average molecular weight is 213 g/mol. The summed E-state index contributed by atoms with van der Waals surface area (Å²) in [5, 5.41) is 1.22. The number of hydrogen-bond donors (Lipinski definition) is 0. The molecular weight excluding hydrogens is 198 g/mol. The van der Waals surface area contributed by atoms with Crippen LogP contribution in [0, 0.1) is 13.8 Å². The summed E-state index contributed by atoms with van der Waals surface area (Å²) >= 11 is 0. The molecule has 1 aliphatic rings. The van der Waals surface area contributed by atoms with Crippen molar-refractivity contribution >= 4 is 17.2 Å². The van der Waals surface area contributed by atoms with E-state index in [4.69, 9.17) is 0 Å². The van der Waals surface area contributed by atoms with Gasteiger partial charge < -0.3 is 4.57 Å². The van der Waals surface area contributed by atoms with E-state index in [1.54, 1.807) is 0 Å². The monoisotopic (exact) mass is 213 g/mol. The Morgan fingerprint density at radius 2 is 2.06 bits per heavy atom. The Morgan fingerprint density at radius 3 is 2.69 bits per heavy atom. The molecule has 1 heterocycles. The van der Waals surface area contributed by atoms with E-state index in [0.717, 1.165) is 17.5 Å². The lowest BCUT2D eigenvalue weighted by atomic mass is 10.1. The Bertz CT molecular complexity index is 576. The molecule has 1 fully saturated rings. The van der Waals surface area contributed by atoms with Gasteiger partial charge in [0.25, 0.3) is 0 Å². The number of fused-ring (bicyclic) bond motifs is 1. The number of rotatable bonds is 2. The maximum absolute atomic E-state index is 11.2. The lowest BCUT2D eigenvalue weighted by molar-refractivity contribution is 0.111. The second kappa shape index (κ2) is 3.21. The van der Waals surface area contributed by atoms with Gasteiger partial charge >= 0.3 is 0 Å². The molecule has 0 aliphatic heterocycles. The van der Waals surface area contributed by atoms with Crippen LogP contribution < -0.4 is 0 Å². The highest BCUT2D eigenvalue weighted by molar-refractivity contribution is 5.93. The quantitative estimate of drug-likeness (QED) is 0.701. The van der Waals surface area contributed by atoms with Crippen LogP contribution >= 0.6 is 0 Å². The fourth-order valence-electron chi connectivity index (χ4n) is 2.48. The largest absolute Gasteiger partial charge is 0.335 e. The highest BCUT2D eigenvalue weighted by Crippen LogP contribution is 2.40. The maximum Gasteiger partial charge on any atom is 0.166 e. The summed E-state index contributed by atoms with van der Waals surface area (Å²) in [6.07, 6.45) is 3.42. The van der Waals surface area contributed by atoms with Gasteiger partial charge in [0.1, 0.15) is 0 Å². The molecule has 2 heteroatoms. The van der Waals surface area contributed by atoms with Crippen LogP contribution in [0.4, 0.5) is 0 Å². The topological polar surface area (TPSA) is 22.0 Å². The third-order valence-electron chi connectivity index (χ3n) is 3.48. The van der Waals surface area contributed by atoms with Crippen molar-refractivity contribution in [1.82, 2.24) is 4.57 Å². The molecule has 0 unspecified atom stereocenters. The van der Waals surface area contributed by atoms with Crippen LogP contribution in [0.5, 0.6) is 0 Å². The third kappa shape index (κ3) is 1.22. The van der Waals surface area contributed by atoms with Crippen LogP contribution in [0.2, 0.25) is 0 Å². The Morgan fingerprint density at radius 1 is 1.31 bits per heavy atom. The number of carbonyl (C=O) groups is 1. The predicted octanol–water partition coefficient (Wildman–Crippen LogP) is 3.41.